The highest BCUT2D eigenvalue weighted by molar-refractivity contribution is 5.83. The zero-order valence-corrected chi connectivity index (χ0v) is 14.1. The van der Waals surface area contributed by atoms with Crippen LogP contribution in [0, 0.1) is 0 Å². The Bertz CT molecular complexity index is 711. The Morgan fingerprint density at radius 3 is 3.00 bits per heavy atom. The number of hydrogen-bond donors (Lipinski definition) is 1. The number of nitrogens with zero attached hydrogens (tertiary/aromatic N) is 3. The van der Waals surface area contributed by atoms with Crippen LogP contribution in [0.1, 0.15) is 50.0 Å². The zero-order chi connectivity index (χ0) is 17.1. The number of phenolic OH excluding ortho intramolecular Hbond substituents is 1. The molecule has 0 aliphatic carbocycles. The maximum atomic E-state index is 9.79. The van der Waals surface area contributed by atoms with Crippen molar-refractivity contribution in [2.75, 3.05) is 13.3 Å². The summed E-state index contributed by atoms with van der Waals surface area (Å²) in [7, 11) is 0. The highest BCUT2D eigenvalue weighted by Crippen LogP contribution is 2.33. The average Bonchev–Trinajstić information content (AvgIpc) is 3.21. The molecule has 0 saturated carbocycles. The first kappa shape index (κ1) is 16.5. The first-order valence-electron chi connectivity index (χ1n) is 8.31. The largest absolute Gasteiger partial charge is 0.507 e. The van der Waals surface area contributed by atoms with E-state index in [-0.39, 0.29) is 11.8 Å². The molecule has 0 bridgehead atoms. The summed E-state index contributed by atoms with van der Waals surface area (Å²) >= 11 is 0. The van der Waals surface area contributed by atoms with Gasteiger partial charge in [0.2, 0.25) is 0 Å². The molecule has 3 rings (SSSR count). The molecule has 1 aliphatic heterocycles. The van der Waals surface area contributed by atoms with Gasteiger partial charge in [-0.15, -0.1) is 0 Å². The molecule has 2 aromatic rings. The van der Waals surface area contributed by atoms with Crippen molar-refractivity contribution in [3.63, 3.8) is 0 Å². The summed E-state index contributed by atoms with van der Waals surface area (Å²) in [6.45, 7) is 5.61. The Morgan fingerprint density at radius 1 is 1.42 bits per heavy atom. The molecule has 1 aliphatic rings. The third-order valence-corrected chi connectivity index (χ3v) is 4.45. The van der Waals surface area contributed by atoms with E-state index in [4.69, 9.17) is 4.74 Å². The van der Waals surface area contributed by atoms with Crippen LogP contribution in [0.5, 0.6) is 11.5 Å². The molecule has 24 heavy (non-hydrogen) atoms. The highest BCUT2D eigenvalue weighted by atomic mass is 16.5. The third kappa shape index (κ3) is 3.14. The smallest absolute Gasteiger partial charge is 0.320 e. The second kappa shape index (κ2) is 7.05. The fraction of sp³-hybridized carbons (Fsp3) is 0.444. The zero-order valence-electron chi connectivity index (χ0n) is 14.1. The molecule has 6 heteroatoms. The van der Waals surface area contributed by atoms with Gasteiger partial charge in [0.25, 0.3) is 0 Å². The van der Waals surface area contributed by atoms with Crippen molar-refractivity contribution in [2.45, 2.75) is 38.8 Å². The van der Waals surface area contributed by atoms with Crippen molar-refractivity contribution in [3.05, 3.63) is 41.7 Å². The maximum Gasteiger partial charge on any atom is 0.320 e. The van der Waals surface area contributed by atoms with Crippen molar-refractivity contribution in [3.8, 4) is 11.5 Å². The number of likely N-dealkylation sites (tertiary alicyclic amines) is 1. The lowest BCUT2D eigenvalue weighted by molar-refractivity contribution is 0.110. The van der Waals surface area contributed by atoms with Gasteiger partial charge in [-0.25, -0.2) is 0 Å². The van der Waals surface area contributed by atoms with E-state index in [1.54, 1.807) is 12.1 Å². The van der Waals surface area contributed by atoms with Gasteiger partial charge in [-0.2, -0.15) is 5.10 Å². The van der Waals surface area contributed by atoms with Crippen LogP contribution in [0.4, 0.5) is 0 Å². The summed E-state index contributed by atoms with van der Waals surface area (Å²) in [5.74, 6) is 0.478. The maximum absolute atomic E-state index is 9.79. The molecular weight excluding hydrogens is 306 g/mol. The molecule has 0 spiro atoms. The average molecular weight is 330 g/mol. The molecular formula is C18H24N3O3+. The molecule has 0 amide bonds. The van der Waals surface area contributed by atoms with Crippen molar-refractivity contribution in [1.82, 2.24) is 14.7 Å². The molecule has 1 atom stereocenters. The van der Waals surface area contributed by atoms with Crippen LogP contribution >= 0.6 is 0 Å². The molecule has 2 N–H and O–H groups in total. The van der Waals surface area contributed by atoms with Crippen LogP contribution < -0.4 is 4.74 Å². The Kier molecular flexibility index (Phi) is 4.85. The summed E-state index contributed by atoms with van der Waals surface area (Å²) in [5.41, 5.74) is 1.51. The van der Waals surface area contributed by atoms with E-state index < -0.39 is 0 Å². The summed E-state index contributed by atoms with van der Waals surface area (Å²) in [6, 6.07) is 7.63. The Labute approximate surface area is 141 Å². The molecule has 1 unspecified atom stereocenters. The number of aldehydes is 1. The van der Waals surface area contributed by atoms with Gasteiger partial charge in [0.1, 0.15) is 18.2 Å². The van der Waals surface area contributed by atoms with Crippen LogP contribution in [0.15, 0.2) is 30.5 Å². The minimum absolute atomic E-state index is 0.00542. The molecule has 1 aromatic heterocycles. The van der Waals surface area contributed by atoms with E-state index in [1.807, 2.05) is 6.20 Å². The second-order valence-corrected chi connectivity index (χ2v) is 6.36. The monoisotopic (exact) mass is 330 g/mol. The predicted octanol–water partition coefficient (Wildman–Crippen LogP) is 2.87. The van der Waals surface area contributed by atoms with Crippen LogP contribution in [-0.4, -0.2) is 44.1 Å². The molecule has 1 saturated heterocycles. The van der Waals surface area contributed by atoms with E-state index in [9.17, 15) is 9.90 Å². The third-order valence-electron chi connectivity index (χ3n) is 4.45. The lowest BCUT2D eigenvalue weighted by Gasteiger charge is -2.26. The quantitative estimate of drug-likeness (QED) is 0.653. The van der Waals surface area contributed by atoms with Crippen molar-refractivity contribution in [2.24, 2.45) is 0 Å². The number of aromatic hydroxyl groups is 1. The molecule has 1 aromatic carbocycles. The molecule has 0 radical (unpaired) electrons. The lowest BCUT2D eigenvalue weighted by Crippen LogP contribution is -2.29. The first-order valence-corrected chi connectivity index (χ1v) is 8.31. The van der Waals surface area contributed by atoms with Gasteiger partial charge >= 0.3 is 6.29 Å². The van der Waals surface area contributed by atoms with Gasteiger partial charge in [-0.3, -0.25) is 14.4 Å². The van der Waals surface area contributed by atoms with E-state index in [0.29, 0.717) is 24.1 Å². The first-order chi connectivity index (χ1) is 11.6. The van der Waals surface area contributed by atoms with E-state index in [2.05, 4.69) is 34.6 Å². The summed E-state index contributed by atoms with van der Waals surface area (Å²) in [6.07, 6.45) is 4.90. The predicted molar refractivity (Wildman–Crippen MR) is 92.0 cm³/mol. The fourth-order valence-corrected chi connectivity index (χ4v) is 3.28. The van der Waals surface area contributed by atoms with Crippen molar-refractivity contribution >= 4 is 6.29 Å². The number of rotatable bonds is 6. The van der Waals surface area contributed by atoms with Gasteiger partial charge in [-0.05, 0) is 44.9 Å². The normalized spacial score (nSPS) is 18.2. The SMILES string of the molecule is CC(C)n1nccc1C1CCCN1COc1cccc(O)c1C=[OH+]. The van der Waals surface area contributed by atoms with E-state index in [0.717, 1.165) is 25.7 Å². The lowest BCUT2D eigenvalue weighted by atomic mass is 10.1. The highest BCUT2D eigenvalue weighted by Gasteiger charge is 2.29. The van der Waals surface area contributed by atoms with Crippen LogP contribution in [0.2, 0.25) is 0 Å². The minimum Gasteiger partial charge on any atom is -0.507 e. The summed E-state index contributed by atoms with van der Waals surface area (Å²) in [4.78, 5) is 11.6. The standard InChI is InChI=1S/C18H23N3O3/c1-13(2)21-16(8-9-19-21)15-5-4-10-20(15)12-24-18-7-3-6-17(23)14(18)11-22/h3,6-9,11,13,15,23H,4-5,10,12H2,1-2H3/p+1. The topological polar surface area (TPSA) is 71.9 Å². The van der Waals surface area contributed by atoms with Crippen LogP contribution in [0.3, 0.4) is 0 Å². The van der Waals surface area contributed by atoms with Gasteiger partial charge in [0.05, 0.1) is 11.7 Å². The minimum atomic E-state index is 0.00542. The fourth-order valence-electron chi connectivity index (χ4n) is 3.28. The molecule has 2 heterocycles. The number of ether oxygens (including phenoxy) is 1. The number of carbonyl (C=O) groups excluding carboxylic acids is 1. The molecule has 128 valence electrons. The number of phenols is 1. The summed E-state index contributed by atoms with van der Waals surface area (Å²) in [5, 5.41) is 14.2. The van der Waals surface area contributed by atoms with Crippen LogP contribution in [0.25, 0.3) is 0 Å². The van der Waals surface area contributed by atoms with Gasteiger partial charge in [-0.1, -0.05) is 6.07 Å². The van der Waals surface area contributed by atoms with E-state index in [1.165, 1.54) is 11.8 Å². The van der Waals surface area contributed by atoms with Crippen LogP contribution in [-0.2, 0) is 0 Å². The molecule has 1 fully saturated rings. The van der Waals surface area contributed by atoms with Gasteiger partial charge in [0.15, 0.2) is 5.56 Å². The second-order valence-electron chi connectivity index (χ2n) is 6.36. The number of hydrogen-bond acceptors (Lipinski definition) is 4. The Morgan fingerprint density at radius 2 is 2.25 bits per heavy atom. The van der Waals surface area contributed by atoms with Crippen molar-refractivity contribution in [1.29, 1.82) is 0 Å². The number of aromatic nitrogens is 2. The Hall–Kier alpha value is -2.34. The van der Waals surface area contributed by atoms with E-state index >= 15 is 0 Å². The van der Waals surface area contributed by atoms with Crippen molar-refractivity contribution < 1.29 is 14.6 Å². The molecule has 6 nitrogen and oxygen atoms in total. The van der Waals surface area contributed by atoms with Gasteiger partial charge in [0, 0.05) is 18.8 Å². The Balaban J connectivity index is 1.74. The number of benzene rings is 1. The summed E-state index contributed by atoms with van der Waals surface area (Å²) < 4.78 is 7.93. The van der Waals surface area contributed by atoms with Gasteiger partial charge < -0.3 is 9.84 Å².